The molecular weight excluding hydrogens is 392 g/mol. The summed E-state index contributed by atoms with van der Waals surface area (Å²) in [5.41, 5.74) is 0.445. The lowest BCUT2D eigenvalue weighted by atomic mass is 10.1. The first-order chi connectivity index (χ1) is 11.4. The van der Waals surface area contributed by atoms with Gasteiger partial charge in [-0.15, -0.1) is 0 Å². The molecule has 0 fully saturated rings. The van der Waals surface area contributed by atoms with E-state index in [-0.39, 0.29) is 16.4 Å². The number of carbonyl (C=O) groups is 1. The number of halogens is 1. The molecule has 0 saturated heterocycles. The summed E-state index contributed by atoms with van der Waals surface area (Å²) in [6, 6.07) is 16.6. The molecular formula is C18H13BrO4S. The van der Waals surface area contributed by atoms with Crippen LogP contribution in [0.4, 0.5) is 0 Å². The number of Topliss-reactive ketones (excluding diaryl/α,β-unsaturated/α-hetero) is 1. The van der Waals surface area contributed by atoms with Crippen LogP contribution >= 0.6 is 15.9 Å². The van der Waals surface area contributed by atoms with Gasteiger partial charge in [0.15, 0.2) is 11.5 Å². The number of hydrogen-bond donors (Lipinski definition) is 0. The first-order valence-corrected chi connectivity index (χ1v) is 9.31. The predicted octanol–water partition coefficient (Wildman–Crippen LogP) is 4.57. The summed E-state index contributed by atoms with van der Waals surface area (Å²) in [6.45, 7) is 1.42. The van der Waals surface area contributed by atoms with Crippen molar-refractivity contribution in [2.24, 2.45) is 0 Å². The number of rotatable bonds is 4. The SMILES string of the molecule is CC(=O)c1ccc(S(=O)(=O)Oc2ccc3ccccc3c2Br)cc1. The monoisotopic (exact) mass is 404 g/mol. The van der Waals surface area contributed by atoms with Crippen LogP contribution in [0.15, 0.2) is 70.0 Å². The molecule has 0 aromatic heterocycles. The van der Waals surface area contributed by atoms with Gasteiger partial charge in [0.25, 0.3) is 0 Å². The molecule has 0 saturated carbocycles. The van der Waals surface area contributed by atoms with Gasteiger partial charge in [0.05, 0.1) is 4.47 Å². The molecule has 0 radical (unpaired) electrons. The Kier molecular flexibility index (Phi) is 4.43. The van der Waals surface area contributed by atoms with Crippen LogP contribution in [0.25, 0.3) is 10.8 Å². The third kappa shape index (κ3) is 3.20. The van der Waals surface area contributed by atoms with Crippen molar-refractivity contribution in [2.45, 2.75) is 11.8 Å². The molecule has 3 aromatic rings. The van der Waals surface area contributed by atoms with E-state index in [9.17, 15) is 13.2 Å². The maximum Gasteiger partial charge on any atom is 0.339 e. The Morgan fingerprint density at radius 1 is 0.958 bits per heavy atom. The second-order valence-corrected chi connectivity index (χ2v) is 7.56. The first kappa shape index (κ1) is 16.7. The molecule has 0 aliphatic rings. The lowest BCUT2D eigenvalue weighted by molar-refractivity contribution is 0.101. The van der Waals surface area contributed by atoms with Gasteiger partial charge >= 0.3 is 10.1 Å². The zero-order valence-corrected chi connectivity index (χ0v) is 15.1. The standard InChI is InChI=1S/C18H13BrO4S/c1-12(20)13-6-9-15(10-7-13)24(21,22)23-17-11-8-14-4-2-3-5-16(14)18(17)19/h2-11H,1H3. The van der Waals surface area contributed by atoms with Crippen LogP contribution in [0.3, 0.4) is 0 Å². The Morgan fingerprint density at radius 2 is 1.62 bits per heavy atom. The van der Waals surface area contributed by atoms with Gasteiger partial charge in [-0.2, -0.15) is 8.42 Å². The summed E-state index contributed by atoms with van der Waals surface area (Å²) in [5.74, 6) is 0.0847. The minimum atomic E-state index is -3.99. The molecule has 0 unspecified atom stereocenters. The Hall–Kier alpha value is -2.18. The average molecular weight is 405 g/mol. The van der Waals surface area contributed by atoms with Crippen LogP contribution in [-0.4, -0.2) is 14.2 Å². The van der Waals surface area contributed by atoms with Gasteiger partial charge in [-0.25, -0.2) is 0 Å². The fourth-order valence-corrected chi connectivity index (χ4v) is 3.92. The van der Waals surface area contributed by atoms with Crippen molar-refractivity contribution in [3.8, 4) is 5.75 Å². The van der Waals surface area contributed by atoms with Crippen molar-refractivity contribution < 1.29 is 17.4 Å². The minimum absolute atomic E-state index is 0.00689. The van der Waals surface area contributed by atoms with E-state index in [2.05, 4.69) is 15.9 Å². The summed E-state index contributed by atoms with van der Waals surface area (Å²) in [7, 11) is -3.99. The van der Waals surface area contributed by atoms with Gasteiger partial charge in [-0.3, -0.25) is 4.79 Å². The molecule has 3 rings (SSSR count). The highest BCUT2D eigenvalue weighted by Crippen LogP contribution is 2.34. The molecule has 0 amide bonds. The molecule has 6 heteroatoms. The van der Waals surface area contributed by atoms with Crippen molar-refractivity contribution in [3.63, 3.8) is 0 Å². The van der Waals surface area contributed by atoms with Gasteiger partial charge in [-0.1, -0.05) is 42.5 Å². The van der Waals surface area contributed by atoms with Crippen LogP contribution in [0, 0.1) is 0 Å². The predicted molar refractivity (Wildman–Crippen MR) is 95.9 cm³/mol. The van der Waals surface area contributed by atoms with Crippen molar-refractivity contribution in [2.75, 3.05) is 0 Å². The second-order valence-electron chi connectivity index (χ2n) is 5.22. The average Bonchev–Trinajstić information content (AvgIpc) is 2.57. The molecule has 0 aliphatic heterocycles. The van der Waals surface area contributed by atoms with Gasteiger partial charge in [0, 0.05) is 5.56 Å². The first-order valence-electron chi connectivity index (χ1n) is 7.11. The molecule has 0 bridgehead atoms. The van der Waals surface area contributed by atoms with Gasteiger partial charge in [0.2, 0.25) is 0 Å². The smallest absolute Gasteiger partial charge is 0.339 e. The second kappa shape index (κ2) is 6.37. The molecule has 3 aromatic carbocycles. The third-order valence-electron chi connectivity index (χ3n) is 3.58. The van der Waals surface area contributed by atoms with Gasteiger partial charge in [-0.05, 0) is 51.8 Å². The van der Waals surface area contributed by atoms with E-state index in [1.54, 1.807) is 12.1 Å². The molecule has 24 heavy (non-hydrogen) atoms. The topological polar surface area (TPSA) is 60.4 Å². The highest BCUT2D eigenvalue weighted by molar-refractivity contribution is 9.10. The van der Waals surface area contributed by atoms with E-state index in [1.165, 1.54) is 31.2 Å². The van der Waals surface area contributed by atoms with Crippen LogP contribution in [0.5, 0.6) is 5.75 Å². The van der Waals surface area contributed by atoms with E-state index in [0.717, 1.165) is 10.8 Å². The molecule has 0 spiro atoms. The Labute approximate surface area is 148 Å². The van der Waals surface area contributed by atoms with Crippen LogP contribution < -0.4 is 4.18 Å². The summed E-state index contributed by atoms with van der Waals surface area (Å²) in [6.07, 6.45) is 0. The number of benzene rings is 3. The number of fused-ring (bicyclic) bond motifs is 1. The lowest BCUT2D eigenvalue weighted by Gasteiger charge is -2.10. The molecule has 0 aliphatic carbocycles. The molecule has 122 valence electrons. The number of carbonyl (C=O) groups excluding carboxylic acids is 1. The Balaban J connectivity index is 1.97. The molecule has 0 atom stereocenters. The van der Waals surface area contributed by atoms with E-state index < -0.39 is 10.1 Å². The number of hydrogen-bond acceptors (Lipinski definition) is 4. The zero-order chi connectivity index (χ0) is 17.3. The summed E-state index contributed by atoms with van der Waals surface area (Å²) < 4.78 is 30.7. The van der Waals surface area contributed by atoms with E-state index in [0.29, 0.717) is 10.0 Å². The van der Waals surface area contributed by atoms with Crippen molar-refractivity contribution in [1.82, 2.24) is 0 Å². The fraction of sp³-hybridized carbons (Fsp3) is 0.0556. The quantitative estimate of drug-likeness (QED) is 0.471. The summed E-state index contributed by atoms with van der Waals surface area (Å²) in [4.78, 5) is 11.3. The van der Waals surface area contributed by atoms with Crippen LogP contribution in [0.1, 0.15) is 17.3 Å². The van der Waals surface area contributed by atoms with Crippen molar-refractivity contribution in [3.05, 3.63) is 70.7 Å². The third-order valence-corrected chi connectivity index (χ3v) is 5.64. The highest BCUT2D eigenvalue weighted by atomic mass is 79.9. The fourth-order valence-electron chi connectivity index (χ4n) is 2.30. The summed E-state index contributed by atoms with van der Waals surface area (Å²) >= 11 is 3.40. The maximum atomic E-state index is 12.4. The van der Waals surface area contributed by atoms with Gasteiger partial charge in [0.1, 0.15) is 4.90 Å². The van der Waals surface area contributed by atoms with E-state index in [4.69, 9.17) is 4.18 Å². The molecule has 0 N–H and O–H groups in total. The van der Waals surface area contributed by atoms with Crippen LogP contribution in [-0.2, 0) is 10.1 Å². The van der Waals surface area contributed by atoms with Gasteiger partial charge < -0.3 is 4.18 Å². The number of ketones is 1. The molecule has 0 heterocycles. The Bertz CT molecular complexity index is 1020. The highest BCUT2D eigenvalue weighted by Gasteiger charge is 2.19. The largest absolute Gasteiger partial charge is 0.378 e. The lowest BCUT2D eigenvalue weighted by Crippen LogP contribution is -2.10. The van der Waals surface area contributed by atoms with Crippen LogP contribution in [0.2, 0.25) is 0 Å². The molecule has 4 nitrogen and oxygen atoms in total. The minimum Gasteiger partial charge on any atom is -0.378 e. The van der Waals surface area contributed by atoms with Crippen molar-refractivity contribution in [1.29, 1.82) is 0 Å². The normalized spacial score (nSPS) is 11.4. The Morgan fingerprint density at radius 3 is 2.29 bits per heavy atom. The maximum absolute atomic E-state index is 12.4. The summed E-state index contributed by atoms with van der Waals surface area (Å²) in [5, 5.41) is 1.83. The zero-order valence-electron chi connectivity index (χ0n) is 12.7. The van der Waals surface area contributed by atoms with E-state index in [1.807, 2.05) is 24.3 Å². The van der Waals surface area contributed by atoms with E-state index >= 15 is 0 Å². The van der Waals surface area contributed by atoms with Crippen molar-refractivity contribution >= 4 is 42.6 Å².